The predicted octanol–water partition coefficient (Wildman–Crippen LogP) is 6.68. The quantitative estimate of drug-likeness (QED) is 0.314. The Bertz CT molecular complexity index is 730. The second-order valence-electron chi connectivity index (χ2n) is 8.59. The minimum Gasteiger partial charge on any atom is -0.494 e. The van der Waals surface area contributed by atoms with Crippen molar-refractivity contribution in [3.63, 3.8) is 0 Å². The van der Waals surface area contributed by atoms with Crippen LogP contribution in [0.15, 0.2) is 48.5 Å². The molecule has 0 aliphatic carbocycles. The lowest BCUT2D eigenvalue weighted by Gasteiger charge is -2.21. The molecule has 0 saturated carbocycles. The second kappa shape index (κ2) is 11.6. The van der Waals surface area contributed by atoms with Crippen LogP contribution in [0.4, 0.5) is 0 Å². The number of benzene rings is 2. The molecule has 0 amide bonds. The van der Waals surface area contributed by atoms with Gasteiger partial charge in [0.25, 0.3) is 0 Å². The Morgan fingerprint density at radius 3 is 1.93 bits per heavy atom. The van der Waals surface area contributed by atoms with Crippen LogP contribution in [0, 0.1) is 24.7 Å². The lowest BCUT2D eigenvalue weighted by atomic mass is 9.88. The summed E-state index contributed by atoms with van der Waals surface area (Å²) in [6.07, 6.45) is 2.57. The summed E-state index contributed by atoms with van der Waals surface area (Å²) < 4.78 is 11.3. The van der Waals surface area contributed by atoms with Crippen LogP contribution in [0.25, 0.3) is 11.1 Å². The van der Waals surface area contributed by atoms with E-state index in [1.807, 2.05) is 12.1 Å². The number of hydrogen-bond acceptors (Lipinski definition) is 3. The highest BCUT2D eigenvalue weighted by atomic mass is 16.5. The van der Waals surface area contributed by atoms with Crippen molar-refractivity contribution in [1.29, 1.82) is 0 Å². The third-order valence-electron chi connectivity index (χ3n) is 5.12. The number of carbonyl (C=O) groups excluding carboxylic acids is 1. The van der Waals surface area contributed by atoms with Crippen molar-refractivity contribution in [2.45, 2.75) is 53.9 Å². The summed E-state index contributed by atoms with van der Waals surface area (Å²) in [4.78, 5) is 12.3. The van der Waals surface area contributed by atoms with E-state index in [0.29, 0.717) is 25.0 Å². The normalized spacial score (nSPS) is 12.2. The summed E-state index contributed by atoms with van der Waals surface area (Å²) in [5.41, 5.74) is 3.66. The highest BCUT2D eigenvalue weighted by Crippen LogP contribution is 2.23. The molecule has 0 aliphatic heterocycles. The molecule has 2 rings (SSSR count). The molecule has 0 spiro atoms. The third kappa shape index (κ3) is 7.92. The van der Waals surface area contributed by atoms with E-state index in [0.717, 1.165) is 25.0 Å². The summed E-state index contributed by atoms with van der Waals surface area (Å²) in [5, 5.41) is 0. The number of esters is 1. The van der Waals surface area contributed by atoms with E-state index in [1.54, 1.807) is 0 Å². The highest BCUT2D eigenvalue weighted by molar-refractivity contribution is 5.72. The largest absolute Gasteiger partial charge is 0.494 e. The number of carbonyl (C=O) groups is 1. The van der Waals surface area contributed by atoms with E-state index in [-0.39, 0.29) is 11.9 Å². The van der Waals surface area contributed by atoms with Crippen molar-refractivity contribution in [3.05, 3.63) is 54.1 Å². The van der Waals surface area contributed by atoms with Crippen molar-refractivity contribution < 1.29 is 14.3 Å². The molecule has 0 saturated heterocycles. The van der Waals surface area contributed by atoms with Crippen LogP contribution in [0.3, 0.4) is 0 Å². The molecule has 0 fully saturated rings. The molecule has 3 heteroatoms. The Balaban J connectivity index is 1.67. The molecule has 1 atom stereocenters. The van der Waals surface area contributed by atoms with Gasteiger partial charge in [-0.15, -0.1) is 0 Å². The van der Waals surface area contributed by atoms with Gasteiger partial charge in [0.05, 0.1) is 19.1 Å². The maximum absolute atomic E-state index is 12.3. The fourth-order valence-corrected chi connectivity index (χ4v) is 3.31. The van der Waals surface area contributed by atoms with Crippen LogP contribution >= 0.6 is 0 Å². The van der Waals surface area contributed by atoms with Crippen LogP contribution in [0.5, 0.6) is 5.75 Å². The lowest BCUT2D eigenvalue weighted by Crippen LogP contribution is -2.24. The Morgan fingerprint density at radius 1 is 0.828 bits per heavy atom. The van der Waals surface area contributed by atoms with Gasteiger partial charge in [-0.1, -0.05) is 69.7 Å². The van der Waals surface area contributed by atoms with Gasteiger partial charge in [0.1, 0.15) is 5.75 Å². The molecule has 0 bridgehead atoms. The third-order valence-corrected chi connectivity index (χ3v) is 5.12. The van der Waals surface area contributed by atoms with Gasteiger partial charge in [0.15, 0.2) is 0 Å². The van der Waals surface area contributed by atoms with E-state index in [4.69, 9.17) is 9.47 Å². The van der Waals surface area contributed by atoms with E-state index < -0.39 is 0 Å². The molecule has 2 aromatic carbocycles. The predicted molar refractivity (Wildman–Crippen MR) is 120 cm³/mol. The zero-order valence-electron chi connectivity index (χ0n) is 18.6. The van der Waals surface area contributed by atoms with Crippen molar-refractivity contribution in [3.8, 4) is 16.9 Å². The minimum absolute atomic E-state index is 0.00158. The first kappa shape index (κ1) is 23.0. The Hall–Kier alpha value is -2.29. The van der Waals surface area contributed by atoms with Gasteiger partial charge < -0.3 is 9.47 Å². The van der Waals surface area contributed by atoms with E-state index >= 15 is 0 Å². The summed E-state index contributed by atoms with van der Waals surface area (Å²) in [6, 6.07) is 16.7. The maximum Gasteiger partial charge on any atom is 0.309 e. The van der Waals surface area contributed by atoms with Gasteiger partial charge in [0, 0.05) is 0 Å². The standard InChI is InChI=1S/C26H36O3/c1-19(2)18-25(20(3)4)26(27)29-17-7-6-16-28-24-14-12-23(13-15-24)22-10-8-21(5)9-11-22/h8-15,19-20,25H,6-7,16-18H2,1-5H3. The summed E-state index contributed by atoms with van der Waals surface area (Å²) in [7, 11) is 0. The molecule has 1 unspecified atom stereocenters. The average Bonchev–Trinajstić information content (AvgIpc) is 2.69. The highest BCUT2D eigenvalue weighted by Gasteiger charge is 2.24. The minimum atomic E-state index is -0.0543. The second-order valence-corrected chi connectivity index (χ2v) is 8.59. The molecular formula is C26H36O3. The molecule has 158 valence electrons. The van der Waals surface area contributed by atoms with Gasteiger partial charge in [-0.3, -0.25) is 4.79 Å². The first-order valence-electron chi connectivity index (χ1n) is 10.8. The van der Waals surface area contributed by atoms with Crippen molar-refractivity contribution in [2.75, 3.05) is 13.2 Å². The SMILES string of the molecule is Cc1ccc(-c2ccc(OCCCCOC(=O)C(CC(C)C)C(C)C)cc2)cc1. The van der Waals surface area contributed by atoms with Gasteiger partial charge in [-0.25, -0.2) is 0 Å². The average molecular weight is 397 g/mol. The summed E-state index contributed by atoms with van der Waals surface area (Å²) in [6.45, 7) is 11.7. The lowest BCUT2D eigenvalue weighted by molar-refractivity contribution is -0.151. The van der Waals surface area contributed by atoms with Crippen LogP contribution in [0.2, 0.25) is 0 Å². The monoisotopic (exact) mass is 396 g/mol. The Morgan fingerprint density at radius 2 is 1.38 bits per heavy atom. The van der Waals surface area contributed by atoms with Gasteiger partial charge in [0.2, 0.25) is 0 Å². The topological polar surface area (TPSA) is 35.5 Å². The maximum atomic E-state index is 12.3. The molecule has 29 heavy (non-hydrogen) atoms. The fourth-order valence-electron chi connectivity index (χ4n) is 3.31. The van der Waals surface area contributed by atoms with Crippen LogP contribution < -0.4 is 4.74 Å². The van der Waals surface area contributed by atoms with Gasteiger partial charge >= 0.3 is 5.97 Å². The zero-order valence-corrected chi connectivity index (χ0v) is 18.6. The molecule has 0 N–H and O–H groups in total. The van der Waals surface area contributed by atoms with Crippen LogP contribution in [-0.4, -0.2) is 19.2 Å². The van der Waals surface area contributed by atoms with Crippen LogP contribution in [0.1, 0.15) is 52.5 Å². The first-order valence-corrected chi connectivity index (χ1v) is 10.8. The van der Waals surface area contributed by atoms with Crippen molar-refractivity contribution in [1.82, 2.24) is 0 Å². The molecular weight excluding hydrogens is 360 g/mol. The molecule has 0 heterocycles. The molecule has 0 aliphatic rings. The molecule has 0 radical (unpaired) electrons. The first-order chi connectivity index (χ1) is 13.9. The summed E-state index contributed by atoms with van der Waals surface area (Å²) >= 11 is 0. The number of hydrogen-bond donors (Lipinski definition) is 0. The number of aryl methyl sites for hydroxylation is 1. The Labute approximate surface area is 176 Å². The van der Waals surface area contributed by atoms with Crippen molar-refractivity contribution in [2.24, 2.45) is 17.8 Å². The molecule has 2 aromatic rings. The van der Waals surface area contributed by atoms with E-state index in [9.17, 15) is 4.79 Å². The van der Waals surface area contributed by atoms with Gasteiger partial charge in [-0.05, 0) is 61.3 Å². The number of ether oxygens (including phenoxy) is 2. The number of unbranched alkanes of at least 4 members (excludes halogenated alkanes) is 1. The molecule has 3 nitrogen and oxygen atoms in total. The summed E-state index contributed by atoms with van der Waals surface area (Å²) in [5.74, 6) is 1.63. The fraction of sp³-hybridized carbons (Fsp3) is 0.500. The van der Waals surface area contributed by atoms with Gasteiger partial charge in [-0.2, -0.15) is 0 Å². The van der Waals surface area contributed by atoms with Crippen molar-refractivity contribution >= 4 is 5.97 Å². The zero-order chi connectivity index (χ0) is 21.2. The van der Waals surface area contributed by atoms with Crippen LogP contribution in [-0.2, 0) is 9.53 Å². The van der Waals surface area contributed by atoms with E-state index in [2.05, 4.69) is 71.0 Å². The van der Waals surface area contributed by atoms with E-state index in [1.165, 1.54) is 16.7 Å². The smallest absolute Gasteiger partial charge is 0.309 e. The Kier molecular flexibility index (Phi) is 9.24. The molecule has 0 aromatic heterocycles. The number of rotatable bonds is 11.